The Kier molecular flexibility index (Phi) is 5.92. The first-order valence-corrected chi connectivity index (χ1v) is 10.2. The molecule has 0 fully saturated rings. The van der Waals surface area contributed by atoms with Crippen LogP contribution in [0.5, 0.6) is 0 Å². The number of rotatable bonds is 1. The van der Waals surface area contributed by atoms with E-state index in [-0.39, 0.29) is 31.6 Å². The number of ketones is 1. The van der Waals surface area contributed by atoms with Gasteiger partial charge in [0.25, 0.3) is 0 Å². The van der Waals surface area contributed by atoms with Crippen molar-refractivity contribution in [1.82, 2.24) is 4.98 Å². The summed E-state index contributed by atoms with van der Waals surface area (Å²) in [6.07, 6.45) is 1.17. The summed E-state index contributed by atoms with van der Waals surface area (Å²) in [6, 6.07) is 29.0. The molecule has 6 rings (SSSR count). The van der Waals surface area contributed by atoms with Gasteiger partial charge in [0.15, 0.2) is 5.78 Å². The number of hydrogen-bond donors (Lipinski definition) is 1. The van der Waals surface area contributed by atoms with Crippen molar-refractivity contribution < 1.29 is 30.0 Å². The van der Waals surface area contributed by atoms with Gasteiger partial charge in [-0.05, 0) is 53.1 Å². The number of allylic oxidation sites excluding steroid dienone is 2. The van der Waals surface area contributed by atoms with Gasteiger partial charge in [0.1, 0.15) is 0 Å². The fraction of sp³-hybridized carbons (Fsp3) is 0.0714. The topological polar surface area (TPSA) is 50.2 Å². The number of fused-ring (bicyclic) bond motifs is 7. The van der Waals surface area contributed by atoms with Gasteiger partial charge in [0.2, 0.25) is 0 Å². The number of nitrogens with zero attached hydrogens (tertiary/aromatic N) is 1. The average molecular weight is 595 g/mol. The maximum absolute atomic E-state index is 10.0. The van der Waals surface area contributed by atoms with E-state index in [9.17, 15) is 4.79 Å². The van der Waals surface area contributed by atoms with Gasteiger partial charge in [-0.2, -0.15) is 0 Å². The third-order valence-electron chi connectivity index (χ3n) is 5.50. The van der Waals surface area contributed by atoms with Crippen molar-refractivity contribution in [3.63, 3.8) is 0 Å². The summed E-state index contributed by atoms with van der Waals surface area (Å²) < 4.78 is 0. The van der Waals surface area contributed by atoms with Crippen LogP contribution in [-0.4, -0.2) is 15.9 Å². The number of aromatic nitrogens is 1. The predicted octanol–water partition coefficient (Wildman–Crippen LogP) is 7.02. The first kappa shape index (κ1) is 21.9. The molecule has 0 unspecified atom stereocenters. The summed E-state index contributed by atoms with van der Waals surface area (Å²) in [7, 11) is 0. The number of carbonyl (C=O) groups excluding carboxylic acids is 1. The van der Waals surface area contributed by atoms with Crippen LogP contribution in [0, 0.1) is 6.07 Å². The van der Waals surface area contributed by atoms with Crippen molar-refractivity contribution in [3.05, 3.63) is 90.7 Å². The fourth-order valence-corrected chi connectivity index (χ4v) is 4.38. The van der Waals surface area contributed by atoms with Gasteiger partial charge >= 0.3 is 0 Å². The predicted molar refractivity (Wildman–Crippen MR) is 127 cm³/mol. The molecular weight excluding hydrogens is 575 g/mol. The van der Waals surface area contributed by atoms with Gasteiger partial charge in [0, 0.05) is 31.6 Å². The fourth-order valence-electron chi connectivity index (χ4n) is 4.38. The Balaban J connectivity index is 0.000000271. The maximum Gasteiger partial charge on any atom is 0.155 e. The van der Waals surface area contributed by atoms with E-state index in [1.165, 1.54) is 58.3 Å². The zero-order valence-corrected chi connectivity index (χ0v) is 20.0. The molecule has 1 aliphatic rings. The molecule has 5 aromatic rings. The van der Waals surface area contributed by atoms with E-state index in [1.807, 2.05) is 12.1 Å². The first-order chi connectivity index (χ1) is 15.0. The van der Waals surface area contributed by atoms with E-state index in [4.69, 9.17) is 10.1 Å². The number of pyridine rings is 1. The van der Waals surface area contributed by atoms with Crippen LogP contribution in [0.25, 0.3) is 54.8 Å². The van der Waals surface area contributed by atoms with Gasteiger partial charge in [-0.25, -0.2) is 0 Å². The minimum absolute atomic E-state index is 0. The Morgan fingerprint density at radius 2 is 1.66 bits per heavy atom. The second-order valence-corrected chi connectivity index (χ2v) is 7.72. The van der Waals surface area contributed by atoms with E-state index in [1.54, 1.807) is 0 Å². The summed E-state index contributed by atoms with van der Waals surface area (Å²) in [4.78, 5) is 15.0. The number of aliphatic hydroxyl groups excluding tert-OH is 1. The summed E-state index contributed by atoms with van der Waals surface area (Å²) in [5.74, 6) is -0.0625. The Morgan fingerprint density at radius 3 is 2.38 bits per heavy atom. The van der Waals surface area contributed by atoms with Gasteiger partial charge in [-0.1, -0.05) is 48.5 Å². The molecule has 0 amide bonds. The third kappa shape index (κ3) is 3.62. The number of aliphatic hydroxyl groups is 1. The molecule has 1 heterocycles. The number of hydrogen-bond acceptors (Lipinski definition) is 3. The summed E-state index contributed by atoms with van der Waals surface area (Å²) in [5.41, 5.74) is 7.35. The van der Waals surface area contributed by atoms with E-state index >= 15 is 0 Å². The van der Waals surface area contributed by atoms with Crippen molar-refractivity contribution in [2.24, 2.45) is 0 Å². The van der Waals surface area contributed by atoms with Gasteiger partial charge < -0.3 is 5.11 Å². The summed E-state index contributed by atoms with van der Waals surface area (Å²) in [5, 5.41) is 13.1. The first-order valence-electron chi connectivity index (χ1n) is 10.2. The minimum Gasteiger partial charge on any atom is -0.512 e. The van der Waals surface area contributed by atoms with Crippen molar-refractivity contribution in [3.8, 4) is 22.3 Å². The van der Waals surface area contributed by atoms with Gasteiger partial charge in [-0.3, -0.25) is 9.78 Å². The second kappa shape index (κ2) is 8.66. The molecule has 0 saturated carbocycles. The molecule has 0 spiro atoms. The van der Waals surface area contributed by atoms with Crippen LogP contribution < -0.4 is 0 Å². The van der Waals surface area contributed by atoms with Crippen molar-refractivity contribution in [2.45, 2.75) is 13.8 Å². The molecule has 1 N–H and O–H groups in total. The Hall–Kier alpha value is -3.33. The normalized spacial score (nSPS) is 11.6. The van der Waals surface area contributed by atoms with Crippen LogP contribution in [0.3, 0.4) is 0 Å². The molecule has 4 heteroatoms. The van der Waals surface area contributed by atoms with Crippen molar-refractivity contribution >= 4 is 38.4 Å². The molecule has 32 heavy (non-hydrogen) atoms. The summed E-state index contributed by atoms with van der Waals surface area (Å²) >= 11 is 0. The molecule has 1 aromatic heterocycles. The third-order valence-corrected chi connectivity index (χ3v) is 5.50. The SMILES string of the molecule is CC(=O)C=C(C)O.[Ir].[c-]1cccc2ccc3c4c5c(cccc5nc3c12)-c1ccccc1-4. The Bertz CT molecular complexity index is 1530. The van der Waals surface area contributed by atoms with Gasteiger partial charge in [0.05, 0.1) is 11.3 Å². The Labute approximate surface area is 199 Å². The molecule has 4 aromatic carbocycles. The standard InChI is InChI=1S/C23H12N.C5H8O2.Ir/c1-2-7-15-14(6-1)12-13-19-21-17-9-4-3-8-16(17)18-10-5-11-20(22(18)21)24-23(15)19;1-4(6)3-5(2)7;/h1-6,8-13H;3,6H,1-2H3;/q-1;;. The van der Waals surface area contributed by atoms with Gasteiger partial charge in [-0.15, -0.1) is 35.0 Å². The van der Waals surface area contributed by atoms with E-state index in [2.05, 4.69) is 66.7 Å². The minimum atomic E-state index is -0.125. The van der Waals surface area contributed by atoms with Crippen LogP contribution in [0.2, 0.25) is 0 Å². The molecule has 1 aliphatic carbocycles. The molecular formula is C28H20IrNO2-. The van der Waals surface area contributed by atoms with Crippen molar-refractivity contribution in [1.29, 1.82) is 0 Å². The Morgan fingerprint density at radius 1 is 0.906 bits per heavy atom. The smallest absolute Gasteiger partial charge is 0.155 e. The van der Waals surface area contributed by atoms with Crippen LogP contribution >= 0.6 is 0 Å². The van der Waals surface area contributed by atoms with Crippen LogP contribution in [0.4, 0.5) is 0 Å². The second-order valence-electron chi connectivity index (χ2n) is 7.72. The quantitative estimate of drug-likeness (QED) is 0.0732. The largest absolute Gasteiger partial charge is 0.512 e. The molecule has 0 aliphatic heterocycles. The molecule has 159 valence electrons. The molecule has 0 atom stereocenters. The van der Waals surface area contributed by atoms with Crippen LogP contribution in [0.1, 0.15) is 13.8 Å². The monoisotopic (exact) mass is 595 g/mol. The van der Waals surface area contributed by atoms with Crippen LogP contribution in [-0.2, 0) is 24.9 Å². The maximum atomic E-state index is 10.0. The van der Waals surface area contributed by atoms with E-state index in [0.717, 1.165) is 16.4 Å². The molecule has 1 radical (unpaired) electrons. The average Bonchev–Trinajstić information content (AvgIpc) is 3.10. The van der Waals surface area contributed by atoms with Crippen molar-refractivity contribution in [2.75, 3.05) is 0 Å². The van der Waals surface area contributed by atoms with E-state index < -0.39 is 0 Å². The zero-order chi connectivity index (χ0) is 21.5. The zero-order valence-electron chi connectivity index (χ0n) is 17.6. The number of benzene rings is 4. The van der Waals surface area contributed by atoms with E-state index in [0.29, 0.717) is 0 Å². The molecule has 3 nitrogen and oxygen atoms in total. The number of carbonyl (C=O) groups is 1. The summed E-state index contributed by atoms with van der Waals surface area (Å²) in [6.45, 7) is 2.85. The molecule has 0 bridgehead atoms. The molecule has 0 saturated heterocycles. The van der Waals surface area contributed by atoms with Crippen LogP contribution in [0.15, 0.2) is 84.6 Å².